The van der Waals surface area contributed by atoms with E-state index in [-0.39, 0.29) is 0 Å². The predicted molar refractivity (Wildman–Crippen MR) is 38.1 cm³/mol. The molecule has 0 aromatic rings. The highest BCUT2D eigenvalue weighted by Crippen LogP contribution is 2.45. The smallest absolute Gasteiger partial charge is 0.0413 e. The van der Waals surface area contributed by atoms with Crippen molar-refractivity contribution in [2.75, 3.05) is 6.54 Å². The first-order valence-electron chi connectivity index (χ1n) is 3.80. The van der Waals surface area contributed by atoms with Crippen molar-refractivity contribution in [2.24, 2.45) is 0 Å². The monoisotopic (exact) mass is 123 g/mol. The van der Waals surface area contributed by atoms with Crippen LogP contribution in [0, 0.1) is 0 Å². The van der Waals surface area contributed by atoms with Crippen LogP contribution in [-0.2, 0) is 0 Å². The fourth-order valence-electron chi connectivity index (χ4n) is 1.46. The first kappa shape index (κ1) is 5.33. The summed E-state index contributed by atoms with van der Waals surface area (Å²) in [5, 5.41) is 0. The average molecular weight is 123 g/mol. The molecule has 1 heteroatoms. The van der Waals surface area contributed by atoms with Crippen LogP contribution in [-0.4, -0.2) is 17.5 Å². The lowest BCUT2D eigenvalue weighted by atomic mass is 10.2. The second-order valence-corrected chi connectivity index (χ2v) is 3.11. The van der Waals surface area contributed by atoms with Crippen molar-refractivity contribution < 1.29 is 0 Å². The molecule has 9 heavy (non-hydrogen) atoms. The van der Waals surface area contributed by atoms with Gasteiger partial charge in [-0.1, -0.05) is 6.92 Å². The van der Waals surface area contributed by atoms with Crippen molar-refractivity contribution in [1.29, 1.82) is 0 Å². The van der Waals surface area contributed by atoms with E-state index < -0.39 is 0 Å². The van der Waals surface area contributed by atoms with Crippen molar-refractivity contribution >= 4 is 0 Å². The molecule has 0 spiro atoms. The van der Waals surface area contributed by atoms with Gasteiger partial charge in [-0.2, -0.15) is 0 Å². The summed E-state index contributed by atoms with van der Waals surface area (Å²) in [6.07, 6.45) is 2.63. The summed E-state index contributed by atoms with van der Waals surface area (Å²) in [6, 6.07) is 0.797. The van der Waals surface area contributed by atoms with Crippen LogP contribution in [0.4, 0.5) is 0 Å². The standard InChI is InChI=1S/C8H13N/c1-3-6(2)9-5-7-4-8(7)9/h6H,3-5H2,1-2H3/t6-/m0/s1. The number of likely N-dealkylation sites (tertiary alicyclic amines) is 1. The van der Waals surface area contributed by atoms with Crippen LogP contribution in [0.3, 0.4) is 0 Å². The first-order valence-corrected chi connectivity index (χ1v) is 3.80. The molecule has 0 aromatic carbocycles. The van der Waals surface area contributed by atoms with Crippen molar-refractivity contribution in [1.82, 2.24) is 4.90 Å². The number of nitrogens with zero attached hydrogens (tertiary/aromatic N) is 1. The quantitative estimate of drug-likeness (QED) is 0.540. The van der Waals surface area contributed by atoms with Crippen LogP contribution in [0.5, 0.6) is 0 Å². The maximum Gasteiger partial charge on any atom is 0.0413 e. The van der Waals surface area contributed by atoms with E-state index in [1.165, 1.54) is 19.4 Å². The van der Waals surface area contributed by atoms with Gasteiger partial charge in [-0.25, -0.2) is 0 Å². The fourth-order valence-corrected chi connectivity index (χ4v) is 1.46. The zero-order valence-electron chi connectivity index (χ0n) is 6.15. The summed E-state index contributed by atoms with van der Waals surface area (Å²) in [4.78, 5) is 2.52. The van der Waals surface area contributed by atoms with Gasteiger partial charge in [-0.05, 0) is 18.9 Å². The third-order valence-corrected chi connectivity index (χ3v) is 2.49. The molecule has 1 aliphatic heterocycles. The molecule has 1 atom stereocenters. The molecule has 0 aromatic heterocycles. The average Bonchev–Trinajstić information content (AvgIpc) is 2.42. The molecule has 2 rings (SSSR count). The molecule has 0 radical (unpaired) electrons. The number of allylic oxidation sites excluding steroid dienone is 1. The maximum absolute atomic E-state index is 2.52. The molecule has 0 saturated carbocycles. The van der Waals surface area contributed by atoms with Gasteiger partial charge in [0.15, 0.2) is 0 Å². The van der Waals surface area contributed by atoms with E-state index in [2.05, 4.69) is 18.7 Å². The Morgan fingerprint density at radius 1 is 1.67 bits per heavy atom. The summed E-state index contributed by atoms with van der Waals surface area (Å²) in [7, 11) is 0. The third kappa shape index (κ3) is 0.606. The van der Waals surface area contributed by atoms with E-state index in [1.807, 2.05) is 0 Å². The summed E-state index contributed by atoms with van der Waals surface area (Å²) in [5.74, 6) is 0. The number of hydrogen-bond donors (Lipinski definition) is 0. The molecule has 0 fully saturated rings. The van der Waals surface area contributed by atoms with Crippen LogP contribution in [0.1, 0.15) is 26.7 Å². The van der Waals surface area contributed by atoms with Crippen molar-refractivity contribution in [3.05, 3.63) is 11.3 Å². The van der Waals surface area contributed by atoms with Gasteiger partial charge < -0.3 is 4.90 Å². The molecule has 0 saturated heterocycles. The van der Waals surface area contributed by atoms with Crippen molar-refractivity contribution in [2.45, 2.75) is 32.7 Å². The lowest BCUT2D eigenvalue weighted by Gasteiger charge is -2.30. The summed E-state index contributed by atoms with van der Waals surface area (Å²) < 4.78 is 0. The molecule has 0 bridgehead atoms. The Balaban J connectivity index is 1.94. The second-order valence-electron chi connectivity index (χ2n) is 3.11. The fraction of sp³-hybridized carbons (Fsp3) is 0.750. The topological polar surface area (TPSA) is 3.24 Å². The van der Waals surface area contributed by atoms with Gasteiger partial charge in [0.2, 0.25) is 0 Å². The van der Waals surface area contributed by atoms with Gasteiger partial charge >= 0.3 is 0 Å². The third-order valence-electron chi connectivity index (χ3n) is 2.49. The van der Waals surface area contributed by atoms with Gasteiger partial charge in [-0.3, -0.25) is 0 Å². The summed E-state index contributed by atoms with van der Waals surface area (Å²) >= 11 is 0. The molecular formula is C8H13N. The van der Waals surface area contributed by atoms with Crippen molar-refractivity contribution in [3.8, 4) is 0 Å². The Morgan fingerprint density at radius 2 is 2.44 bits per heavy atom. The molecule has 1 heterocycles. The maximum atomic E-state index is 2.52. The van der Waals surface area contributed by atoms with Gasteiger partial charge in [0.1, 0.15) is 0 Å². The number of rotatable bonds is 2. The molecule has 0 unspecified atom stereocenters. The minimum atomic E-state index is 0.797. The zero-order chi connectivity index (χ0) is 6.43. The molecule has 50 valence electrons. The molecule has 0 N–H and O–H groups in total. The minimum absolute atomic E-state index is 0.797. The van der Waals surface area contributed by atoms with Gasteiger partial charge in [0.25, 0.3) is 0 Å². The van der Waals surface area contributed by atoms with E-state index in [0.29, 0.717) is 0 Å². The molecule has 1 nitrogen and oxygen atoms in total. The van der Waals surface area contributed by atoms with Crippen LogP contribution < -0.4 is 0 Å². The Morgan fingerprint density at radius 3 is 2.78 bits per heavy atom. The molecular weight excluding hydrogens is 110 g/mol. The van der Waals surface area contributed by atoms with Crippen LogP contribution in [0.25, 0.3) is 0 Å². The second kappa shape index (κ2) is 1.53. The highest BCUT2D eigenvalue weighted by atomic mass is 15.2. The van der Waals surface area contributed by atoms with Gasteiger partial charge in [0, 0.05) is 24.7 Å². The first-order chi connectivity index (χ1) is 4.33. The van der Waals surface area contributed by atoms with Crippen LogP contribution in [0.15, 0.2) is 11.3 Å². The molecule has 2 aliphatic rings. The van der Waals surface area contributed by atoms with Crippen molar-refractivity contribution in [3.63, 3.8) is 0 Å². The Hall–Kier alpha value is -0.460. The molecule has 1 aliphatic carbocycles. The number of hydrogen-bond acceptors (Lipinski definition) is 1. The molecule has 0 amide bonds. The van der Waals surface area contributed by atoms with Gasteiger partial charge in [0.05, 0.1) is 0 Å². The predicted octanol–water partition coefficient (Wildman–Crippen LogP) is 1.76. The van der Waals surface area contributed by atoms with Crippen LogP contribution in [0.2, 0.25) is 0 Å². The van der Waals surface area contributed by atoms with E-state index in [1.54, 1.807) is 11.3 Å². The van der Waals surface area contributed by atoms with E-state index in [0.717, 1.165) is 6.04 Å². The van der Waals surface area contributed by atoms with E-state index in [9.17, 15) is 0 Å². The lowest BCUT2D eigenvalue weighted by molar-refractivity contribution is 0.279. The highest BCUT2D eigenvalue weighted by molar-refractivity contribution is 5.44. The Bertz CT molecular complexity index is 169. The van der Waals surface area contributed by atoms with Crippen LogP contribution >= 0.6 is 0 Å². The zero-order valence-corrected chi connectivity index (χ0v) is 6.15. The highest BCUT2D eigenvalue weighted by Gasteiger charge is 2.39. The Kier molecular flexibility index (Phi) is 0.904. The minimum Gasteiger partial charge on any atom is -0.368 e. The SMILES string of the molecule is CC[C@H](C)N1CC2=C1C2. The largest absolute Gasteiger partial charge is 0.368 e. The normalized spacial score (nSPS) is 25.3. The summed E-state index contributed by atoms with van der Waals surface area (Å²) in [5.41, 5.74) is 3.37. The van der Waals surface area contributed by atoms with Gasteiger partial charge in [-0.15, -0.1) is 0 Å². The summed E-state index contributed by atoms with van der Waals surface area (Å²) in [6.45, 7) is 5.85. The van der Waals surface area contributed by atoms with E-state index >= 15 is 0 Å². The lowest BCUT2D eigenvalue weighted by Crippen LogP contribution is -2.33. The Labute approximate surface area is 56.4 Å². The van der Waals surface area contributed by atoms with E-state index in [4.69, 9.17) is 0 Å².